The van der Waals surface area contributed by atoms with Crippen LogP contribution in [0.2, 0.25) is 0 Å². The second-order valence-corrected chi connectivity index (χ2v) is 13.6. The number of aryl methyl sites for hydroxylation is 3. The molecule has 5 aromatic heterocycles. The van der Waals surface area contributed by atoms with E-state index < -0.39 is 5.72 Å². The highest BCUT2D eigenvalue weighted by Crippen LogP contribution is 2.33. The lowest BCUT2D eigenvalue weighted by Gasteiger charge is -2.53. The van der Waals surface area contributed by atoms with Gasteiger partial charge in [0, 0.05) is 67.8 Å². The van der Waals surface area contributed by atoms with Crippen molar-refractivity contribution >= 4 is 22.7 Å². The Kier molecular flexibility index (Phi) is 7.67. The molecular weight excluding hydrogens is 624 g/mol. The predicted octanol–water partition coefficient (Wildman–Crippen LogP) is 2.59. The van der Waals surface area contributed by atoms with Crippen LogP contribution in [0.1, 0.15) is 37.1 Å². The van der Waals surface area contributed by atoms with Crippen LogP contribution in [0.3, 0.4) is 0 Å². The first-order valence-electron chi connectivity index (χ1n) is 16.7. The number of hydrogen-bond acceptors (Lipinski definition) is 10. The zero-order valence-corrected chi connectivity index (χ0v) is 27.8. The Balaban J connectivity index is 1.08. The molecule has 254 valence electrons. The van der Waals surface area contributed by atoms with Gasteiger partial charge < -0.3 is 34.1 Å². The number of aliphatic hydroxyl groups excluding tert-OH is 1. The molecule has 0 unspecified atom stereocenters. The molecule has 5 aromatic rings. The van der Waals surface area contributed by atoms with E-state index in [-0.39, 0.29) is 23.8 Å². The maximum atomic E-state index is 13.7. The lowest BCUT2D eigenvalue weighted by Crippen LogP contribution is -2.68. The highest BCUT2D eigenvalue weighted by molar-refractivity contribution is 5.73. The number of ether oxygens (including phenoxy) is 1. The summed E-state index contributed by atoms with van der Waals surface area (Å²) in [6.07, 6.45) is 11.6. The zero-order chi connectivity index (χ0) is 34.0. The molecule has 13 heteroatoms. The first-order chi connectivity index (χ1) is 23.6. The molecule has 0 bridgehead atoms. The van der Waals surface area contributed by atoms with E-state index in [1.54, 1.807) is 50.0 Å². The highest BCUT2D eigenvalue weighted by atomic mass is 16.5. The molecule has 0 aromatic carbocycles. The quantitative estimate of drug-likeness (QED) is 0.238. The summed E-state index contributed by atoms with van der Waals surface area (Å²) in [5.74, 6) is 0.800. The third kappa shape index (κ3) is 5.33. The van der Waals surface area contributed by atoms with Crippen LogP contribution in [0.25, 0.3) is 22.5 Å². The first-order valence-corrected chi connectivity index (χ1v) is 16.7. The van der Waals surface area contributed by atoms with Gasteiger partial charge in [0.2, 0.25) is 0 Å². The Morgan fingerprint density at radius 2 is 1.92 bits per heavy atom. The summed E-state index contributed by atoms with van der Waals surface area (Å²) >= 11 is 0. The fraction of sp³-hybridized carbons (Fsp3) is 0.389. The fourth-order valence-electron chi connectivity index (χ4n) is 7.65. The van der Waals surface area contributed by atoms with Crippen LogP contribution in [0.15, 0.2) is 70.9 Å². The van der Waals surface area contributed by atoms with Crippen LogP contribution in [-0.4, -0.2) is 82.7 Å². The van der Waals surface area contributed by atoms with Crippen molar-refractivity contribution in [1.29, 1.82) is 0 Å². The smallest absolute Gasteiger partial charge is 0.280 e. The molecule has 3 aliphatic rings. The van der Waals surface area contributed by atoms with Gasteiger partial charge in [-0.15, -0.1) is 0 Å². The summed E-state index contributed by atoms with van der Waals surface area (Å²) in [6, 6.07) is 9.69. The van der Waals surface area contributed by atoms with Crippen molar-refractivity contribution in [2.24, 2.45) is 7.05 Å². The Morgan fingerprint density at radius 1 is 1.08 bits per heavy atom. The molecule has 2 atom stereocenters. The van der Waals surface area contributed by atoms with E-state index in [0.717, 1.165) is 24.9 Å². The third-order valence-corrected chi connectivity index (χ3v) is 10.3. The van der Waals surface area contributed by atoms with Gasteiger partial charge in [0.15, 0.2) is 0 Å². The van der Waals surface area contributed by atoms with E-state index in [9.17, 15) is 19.8 Å². The number of nitrogens with zero attached hydrogens (tertiary/aromatic N) is 7. The molecule has 13 nitrogen and oxygen atoms in total. The number of anilines is 3. The van der Waals surface area contributed by atoms with Gasteiger partial charge in [0.05, 0.1) is 37.7 Å². The SMILES string of the molecule is C[C@@H]1CN(c2ccc(Nc3cc(-c4ccnc(-n5ccn6c7c(cc6c5=O)CCC7)c4CO)cn(C)c3=O)nc2)[C@@](C)(O)CN1C1COC1. The minimum atomic E-state index is -1.09. The summed E-state index contributed by atoms with van der Waals surface area (Å²) in [7, 11) is 1.66. The monoisotopic (exact) mass is 664 g/mol. The van der Waals surface area contributed by atoms with E-state index in [1.165, 1.54) is 20.4 Å². The molecule has 1 aliphatic carbocycles. The Hall–Kier alpha value is -4.82. The number of fused-ring (bicyclic) bond motifs is 3. The number of rotatable bonds is 7. The second kappa shape index (κ2) is 11.9. The normalized spacial score (nSPS) is 21.2. The van der Waals surface area contributed by atoms with Crippen LogP contribution in [0, 0.1) is 0 Å². The standard InChI is InChI=1S/C36H40N8O5/c1-22-16-44(36(2,48)21-43(22)26-19-49-20-26)25-7-8-32(38-15-25)39-29-13-24(17-40(3)34(29)46)27-9-10-37-33(28(27)18-45)42-12-11-41-30-6-4-5-23(30)14-31(41)35(42)47/h7-15,17,22,26,45,48H,4-6,16,18-21H2,1-3H3,(H,38,39)/t22-,36+/m1/s1. The maximum absolute atomic E-state index is 13.7. The zero-order valence-electron chi connectivity index (χ0n) is 27.8. The van der Waals surface area contributed by atoms with Crippen LogP contribution in [-0.2, 0) is 31.2 Å². The summed E-state index contributed by atoms with van der Waals surface area (Å²) < 4.78 is 10.3. The van der Waals surface area contributed by atoms with Crippen molar-refractivity contribution < 1.29 is 14.9 Å². The summed E-state index contributed by atoms with van der Waals surface area (Å²) in [5.41, 5.74) is 4.24. The highest BCUT2D eigenvalue weighted by Gasteiger charge is 2.43. The van der Waals surface area contributed by atoms with E-state index in [2.05, 4.69) is 27.1 Å². The van der Waals surface area contributed by atoms with Crippen molar-refractivity contribution in [3.8, 4) is 16.9 Å². The molecule has 2 saturated heterocycles. The summed E-state index contributed by atoms with van der Waals surface area (Å²) in [6.45, 7) is 6.12. The lowest BCUT2D eigenvalue weighted by molar-refractivity contribution is -0.117. The predicted molar refractivity (Wildman–Crippen MR) is 186 cm³/mol. The molecule has 2 fully saturated rings. The van der Waals surface area contributed by atoms with Gasteiger partial charge in [-0.3, -0.25) is 19.1 Å². The fourth-order valence-corrected chi connectivity index (χ4v) is 7.65. The number of β-amino-alcohol motifs (C(OH)–C–C–N with tert-alkyl or cyclic N) is 1. The molecule has 0 saturated carbocycles. The molecule has 0 amide bonds. The number of hydrogen-bond donors (Lipinski definition) is 3. The number of aliphatic hydroxyl groups is 2. The largest absolute Gasteiger partial charge is 0.392 e. The maximum Gasteiger partial charge on any atom is 0.280 e. The number of pyridine rings is 3. The van der Waals surface area contributed by atoms with Crippen molar-refractivity contribution in [2.45, 2.75) is 57.5 Å². The average Bonchev–Trinajstić information content (AvgIpc) is 3.67. The topological polar surface area (TPSA) is 142 Å². The summed E-state index contributed by atoms with van der Waals surface area (Å²) in [4.78, 5) is 40.4. The van der Waals surface area contributed by atoms with Crippen LogP contribution in [0.5, 0.6) is 0 Å². The van der Waals surface area contributed by atoms with Crippen molar-refractivity contribution in [1.82, 2.24) is 28.4 Å². The van der Waals surface area contributed by atoms with Gasteiger partial charge >= 0.3 is 0 Å². The molecule has 7 heterocycles. The number of aromatic nitrogens is 5. The Bertz CT molecular complexity index is 2180. The Morgan fingerprint density at radius 3 is 2.65 bits per heavy atom. The summed E-state index contributed by atoms with van der Waals surface area (Å²) in [5, 5.41) is 25.2. The van der Waals surface area contributed by atoms with Crippen molar-refractivity contribution in [2.75, 3.05) is 36.5 Å². The Labute approximate surface area is 282 Å². The number of piperazine rings is 1. The van der Waals surface area contributed by atoms with Crippen molar-refractivity contribution in [3.05, 3.63) is 98.8 Å². The van der Waals surface area contributed by atoms with Crippen molar-refractivity contribution in [3.63, 3.8) is 0 Å². The molecule has 3 N–H and O–H groups in total. The van der Waals surface area contributed by atoms with Crippen LogP contribution >= 0.6 is 0 Å². The van der Waals surface area contributed by atoms with Gasteiger partial charge in [-0.2, -0.15) is 0 Å². The van der Waals surface area contributed by atoms with E-state index in [1.807, 2.05) is 34.6 Å². The van der Waals surface area contributed by atoms with Gasteiger partial charge in [0.25, 0.3) is 11.1 Å². The minimum Gasteiger partial charge on any atom is -0.392 e. The van der Waals surface area contributed by atoms with E-state index in [4.69, 9.17) is 4.74 Å². The van der Waals surface area contributed by atoms with Crippen LogP contribution < -0.4 is 21.3 Å². The van der Waals surface area contributed by atoms with Gasteiger partial charge in [0.1, 0.15) is 28.6 Å². The molecule has 2 aliphatic heterocycles. The van der Waals surface area contributed by atoms with Gasteiger partial charge in [-0.25, -0.2) is 9.97 Å². The van der Waals surface area contributed by atoms with E-state index in [0.29, 0.717) is 71.9 Å². The molecule has 0 spiro atoms. The number of nitrogens with one attached hydrogen (secondary N) is 1. The minimum absolute atomic E-state index is 0.209. The molecular formula is C36H40N8O5. The molecule has 0 radical (unpaired) electrons. The van der Waals surface area contributed by atoms with Gasteiger partial charge in [-0.05, 0) is 74.6 Å². The third-order valence-electron chi connectivity index (χ3n) is 10.3. The average molecular weight is 665 g/mol. The molecule has 8 rings (SSSR count). The van der Waals surface area contributed by atoms with Gasteiger partial charge in [-0.1, -0.05) is 0 Å². The van der Waals surface area contributed by atoms with E-state index >= 15 is 0 Å². The lowest BCUT2D eigenvalue weighted by atomic mass is 10.0. The molecule has 49 heavy (non-hydrogen) atoms. The second-order valence-electron chi connectivity index (χ2n) is 13.6. The van der Waals surface area contributed by atoms with Crippen LogP contribution in [0.4, 0.5) is 17.2 Å². The first kappa shape index (κ1) is 31.4.